The first kappa shape index (κ1) is 22.3. The fraction of sp³-hybridized carbons (Fsp3) is 0.364. The highest BCUT2D eigenvalue weighted by Crippen LogP contribution is 2.33. The molecule has 0 N–H and O–H groups in total. The molecule has 8 heteroatoms. The molecule has 1 atom stereocenters. The summed E-state index contributed by atoms with van der Waals surface area (Å²) < 4.78 is 44.3. The maximum absolute atomic E-state index is 13.1. The highest BCUT2D eigenvalue weighted by atomic mass is 79.9. The van der Waals surface area contributed by atoms with Crippen LogP contribution in [0.2, 0.25) is 0 Å². The standard InChI is InChI=1S/C22H21BrF3NO3/c1-2-3-4-15-7-12-20(28)27(15)21(29)18-13-17(10-11-19(18)23)30-16-8-5-14(6-9-16)22(24,25)26/h5-6,8-11,13,15H,2-4,7,12H2,1H3. The molecule has 30 heavy (non-hydrogen) atoms. The number of imide groups is 1. The Morgan fingerprint density at radius 2 is 1.83 bits per heavy atom. The maximum atomic E-state index is 13.1. The fourth-order valence-corrected chi connectivity index (χ4v) is 3.86. The summed E-state index contributed by atoms with van der Waals surface area (Å²) in [5, 5.41) is 0. The van der Waals surface area contributed by atoms with E-state index >= 15 is 0 Å². The summed E-state index contributed by atoms with van der Waals surface area (Å²) in [7, 11) is 0. The van der Waals surface area contributed by atoms with Crippen LogP contribution in [0.15, 0.2) is 46.9 Å². The number of ether oxygens (including phenoxy) is 1. The summed E-state index contributed by atoms with van der Waals surface area (Å²) in [6.07, 6.45) is -0.740. The van der Waals surface area contributed by atoms with Gasteiger partial charge in [0, 0.05) is 16.9 Å². The molecule has 1 aliphatic rings. The van der Waals surface area contributed by atoms with Gasteiger partial charge in [-0.05, 0) is 71.2 Å². The summed E-state index contributed by atoms with van der Waals surface area (Å²) in [4.78, 5) is 26.8. The Labute approximate surface area is 181 Å². The third-order valence-corrected chi connectivity index (χ3v) is 5.71. The van der Waals surface area contributed by atoms with E-state index in [-0.39, 0.29) is 29.0 Å². The monoisotopic (exact) mass is 483 g/mol. The molecule has 0 radical (unpaired) electrons. The van der Waals surface area contributed by atoms with Crippen molar-refractivity contribution in [3.63, 3.8) is 0 Å². The van der Waals surface area contributed by atoms with Crippen LogP contribution >= 0.6 is 15.9 Å². The zero-order chi connectivity index (χ0) is 21.9. The summed E-state index contributed by atoms with van der Waals surface area (Å²) >= 11 is 3.35. The van der Waals surface area contributed by atoms with Crippen LogP contribution in [0.3, 0.4) is 0 Å². The molecule has 3 rings (SSSR count). The van der Waals surface area contributed by atoms with Crippen molar-refractivity contribution < 1.29 is 27.5 Å². The lowest BCUT2D eigenvalue weighted by Gasteiger charge is -2.23. The Bertz CT molecular complexity index is 928. The zero-order valence-electron chi connectivity index (χ0n) is 16.3. The molecule has 0 aromatic heterocycles. The van der Waals surface area contributed by atoms with Crippen molar-refractivity contribution in [1.29, 1.82) is 0 Å². The van der Waals surface area contributed by atoms with Crippen LogP contribution in [0, 0.1) is 0 Å². The van der Waals surface area contributed by atoms with Crippen molar-refractivity contribution in [2.24, 2.45) is 0 Å². The number of amides is 2. The number of hydrogen-bond acceptors (Lipinski definition) is 3. The average Bonchev–Trinajstić information content (AvgIpc) is 3.07. The smallest absolute Gasteiger partial charge is 0.416 e. The van der Waals surface area contributed by atoms with Crippen molar-refractivity contribution in [3.8, 4) is 11.5 Å². The van der Waals surface area contributed by atoms with Crippen molar-refractivity contribution in [3.05, 3.63) is 58.1 Å². The quantitative estimate of drug-likeness (QED) is 0.435. The zero-order valence-corrected chi connectivity index (χ0v) is 17.9. The van der Waals surface area contributed by atoms with E-state index in [4.69, 9.17) is 4.74 Å². The SMILES string of the molecule is CCCCC1CCC(=O)N1C(=O)c1cc(Oc2ccc(C(F)(F)F)cc2)ccc1Br. The molecule has 160 valence electrons. The molecular formula is C22H21BrF3NO3. The molecule has 1 aliphatic heterocycles. The molecule has 2 amide bonds. The van der Waals surface area contributed by atoms with Gasteiger partial charge in [0.05, 0.1) is 11.1 Å². The fourth-order valence-electron chi connectivity index (χ4n) is 3.45. The second kappa shape index (κ2) is 9.20. The van der Waals surface area contributed by atoms with Gasteiger partial charge in [0.1, 0.15) is 11.5 Å². The number of rotatable bonds is 6. The lowest BCUT2D eigenvalue weighted by molar-refractivity contribution is -0.137. The normalized spacial score (nSPS) is 16.8. The van der Waals surface area contributed by atoms with Gasteiger partial charge in [0.2, 0.25) is 5.91 Å². The van der Waals surface area contributed by atoms with E-state index in [1.807, 2.05) is 0 Å². The number of benzene rings is 2. The lowest BCUT2D eigenvalue weighted by atomic mass is 10.1. The summed E-state index contributed by atoms with van der Waals surface area (Å²) in [5.74, 6) is -0.0923. The van der Waals surface area contributed by atoms with Crippen molar-refractivity contribution in [2.45, 2.75) is 51.2 Å². The van der Waals surface area contributed by atoms with Crippen LogP contribution in [0.25, 0.3) is 0 Å². The van der Waals surface area contributed by atoms with Gasteiger partial charge in [0.15, 0.2) is 0 Å². The topological polar surface area (TPSA) is 46.6 Å². The van der Waals surface area contributed by atoms with Crippen LogP contribution in [-0.4, -0.2) is 22.8 Å². The van der Waals surface area contributed by atoms with E-state index in [0.29, 0.717) is 17.3 Å². The molecule has 0 spiro atoms. The van der Waals surface area contributed by atoms with Crippen LogP contribution in [-0.2, 0) is 11.0 Å². The average molecular weight is 484 g/mol. The highest BCUT2D eigenvalue weighted by Gasteiger charge is 2.36. The van der Waals surface area contributed by atoms with Gasteiger partial charge >= 0.3 is 6.18 Å². The summed E-state index contributed by atoms with van der Waals surface area (Å²) in [6, 6.07) is 8.90. The molecule has 1 fully saturated rings. The number of likely N-dealkylation sites (tertiary alicyclic amines) is 1. The molecule has 4 nitrogen and oxygen atoms in total. The number of unbranched alkanes of at least 4 members (excludes halogenated alkanes) is 1. The van der Waals surface area contributed by atoms with Crippen molar-refractivity contribution >= 4 is 27.7 Å². The first-order valence-electron chi connectivity index (χ1n) is 9.71. The van der Waals surface area contributed by atoms with E-state index in [2.05, 4.69) is 22.9 Å². The predicted molar refractivity (Wildman–Crippen MR) is 109 cm³/mol. The maximum Gasteiger partial charge on any atom is 0.416 e. The Kier molecular flexibility index (Phi) is 6.85. The first-order valence-corrected chi connectivity index (χ1v) is 10.5. The molecule has 2 aromatic carbocycles. The summed E-state index contributed by atoms with van der Waals surface area (Å²) in [5.41, 5.74) is -0.497. The summed E-state index contributed by atoms with van der Waals surface area (Å²) in [6.45, 7) is 2.06. The number of carbonyl (C=O) groups excluding carboxylic acids is 2. The van der Waals surface area contributed by atoms with Gasteiger partial charge in [-0.15, -0.1) is 0 Å². The van der Waals surface area contributed by atoms with Gasteiger partial charge in [0.25, 0.3) is 5.91 Å². The van der Waals surface area contributed by atoms with Gasteiger partial charge < -0.3 is 4.74 Å². The molecule has 0 saturated carbocycles. The Hall–Kier alpha value is -2.35. The highest BCUT2D eigenvalue weighted by molar-refractivity contribution is 9.10. The molecule has 1 unspecified atom stereocenters. The minimum atomic E-state index is -4.42. The number of hydrogen-bond donors (Lipinski definition) is 0. The Morgan fingerprint density at radius 1 is 1.17 bits per heavy atom. The number of nitrogens with zero attached hydrogens (tertiary/aromatic N) is 1. The second-order valence-corrected chi connectivity index (χ2v) is 8.02. The van der Waals surface area contributed by atoms with E-state index in [1.165, 1.54) is 23.1 Å². The number of halogens is 4. The second-order valence-electron chi connectivity index (χ2n) is 7.17. The Balaban J connectivity index is 1.81. The van der Waals surface area contributed by atoms with Gasteiger partial charge in [-0.3, -0.25) is 14.5 Å². The molecule has 0 bridgehead atoms. The molecular weight excluding hydrogens is 463 g/mol. The van der Waals surface area contributed by atoms with Gasteiger partial charge in [-0.25, -0.2) is 0 Å². The van der Waals surface area contributed by atoms with Gasteiger partial charge in [-0.1, -0.05) is 19.8 Å². The molecule has 0 aliphatic carbocycles. The van der Waals surface area contributed by atoms with E-state index in [0.717, 1.165) is 31.4 Å². The Morgan fingerprint density at radius 3 is 2.47 bits per heavy atom. The van der Waals surface area contributed by atoms with Crippen molar-refractivity contribution in [1.82, 2.24) is 4.90 Å². The van der Waals surface area contributed by atoms with E-state index < -0.39 is 17.6 Å². The van der Waals surface area contributed by atoms with E-state index in [1.54, 1.807) is 12.1 Å². The van der Waals surface area contributed by atoms with E-state index in [9.17, 15) is 22.8 Å². The number of carbonyl (C=O) groups is 2. The minimum Gasteiger partial charge on any atom is -0.457 e. The van der Waals surface area contributed by atoms with Crippen LogP contribution in [0.5, 0.6) is 11.5 Å². The molecule has 2 aromatic rings. The largest absolute Gasteiger partial charge is 0.457 e. The first-order chi connectivity index (χ1) is 14.2. The number of alkyl halides is 3. The van der Waals surface area contributed by atoms with Crippen molar-refractivity contribution in [2.75, 3.05) is 0 Å². The molecule has 1 saturated heterocycles. The van der Waals surface area contributed by atoms with Crippen LogP contribution < -0.4 is 4.74 Å². The third kappa shape index (κ3) is 5.03. The molecule has 1 heterocycles. The van der Waals surface area contributed by atoms with Gasteiger partial charge in [-0.2, -0.15) is 13.2 Å². The lowest BCUT2D eigenvalue weighted by Crippen LogP contribution is -2.38. The predicted octanol–water partition coefficient (Wildman–Crippen LogP) is 6.58. The van der Waals surface area contributed by atoms with Crippen LogP contribution in [0.1, 0.15) is 54.9 Å². The minimum absolute atomic E-state index is 0.115. The van der Waals surface area contributed by atoms with Crippen LogP contribution in [0.4, 0.5) is 13.2 Å². The third-order valence-electron chi connectivity index (χ3n) is 5.02.